The molecule has 0 saturated heterocycles. The molecular weight excluding hydrogens is 582 g/mol. The summed E-state index contributed by atoms with van der Waals surface area (Å²) >= 11 is 1.18. The van der Waals surface area contributed by atoms with E-state index in [4.69, 9.17) is 18.9 Å². The van der Waals surface area contributed by atoms with Crippen molar-refractivity contribution in [3.05, 3.63) is 143 Å². The molecule has 1 unspecified atom stereocenters. The van der Waals surface area contributed by atoms with Crippen molar-refractivity contribution >= 4 is 34.8 Å². The van der Waals surface area contributed by atoms with Crippen LogP contribution in [0.3, 0.4) is 0 Å². The fourth-order valence-corrected chi connectivity index (χ4v) is 5.99. The predicted octanol–water partition coefficient (Wildman–Crippen LogP) is 5.11. The summed E-state index contributed by atoms with van der Waals surface area (Å²) in [6.45, 7) is 1.88. The van der Waals surface area contributed by atoms with Crippen LogP contribution in [0.25, 0.3) is 23.1 Å². The number of fused-ring (bicyclic) bond motifs is 1. The topological polar surface area (TPSA) is 126 Å². The highest BCUT2D eigenvalue weighted by molar-refractivity contribution is 7.07. The van der Waals surface area contributed by atoms with Gasteiger partial charge in [-0.25, -0.2) is 9.79 Å². The van der Waals surface area contributed by atoms with Crippen LogP contribution in [-0.4, -0.2) is 29.2 Å². The molecule has 0 spiro atoms. The number of nitro groups is 1. The number of ether oxygens (including phenoxy) is 2. The van der Waals surface area contributed by atoms with Crippen molar-refractivity contribution in [2.24, 2.45) is 4.99 Å². The van der Waals surface area contributed by atoms with E-state index in [1.165, 1.54) is 28.0 Å². The van der Waals surface area contributed by atoms with E-state index in [1.807, 2.05) is 42.5 Å². The quantitative estimate of drug-likeness (QED) is 0.136. The Morgan fingerprint density at radius 3 is 2.41 bits per heavy atom. The Morgan fingerprint density at radius 1 is 1.02 bits per heavy atom. The van der Waals surface area contributed by atoms with Gasteiger partial charge in [0.05, 0.1) is 40.5 Å². The zero-order chi connectivity index (χ0) is 30.8. The molecule has 1 atom stereocenters. The monoisotopic (exact) mass is 607 g/mol. The molecule has 0 bridgehead atoms. The average Bonchev–Trinajstić information content (AvgIpc) is 3.65. The lowest BCUT2D eigenvalue weighted by Crippen LogP contribution is -2.40. The van der Waals surface area contributed by atoms with Gasteiger partial charge in [0.1, 0.15) is 17.3 Å². The first-order chi connectivity index (χ1) is 21.4. The molecule has 10 nitrogen and oxygen atoms in total. The van der Waals surface area contributed by atoms with Gasteiger partial charge in [-0.15, -0.1) is 0 Å². The van der Waals surface area contributed by atoms with Gasteiger partial charge in [-0.05, 0) is 48.9 Å². The summed E-state index contributed by atoms with van der Waals surface area (Å²) in [6.07, 6.45) is 1.63. The van der Waals surface area contributed by atoms with E-state index in [0.717, 1.165) is 0 Å². The smallest absolute Gasteiger partial charge is 0.338 e. The molecule has 220 valence electrons. The molecule has 5 aromatic rings. The fourth-order valence-electron chi connectivity index (χ4n) is 5.00. The first kappa shape index (κ1) is 28.6. The molecule has 0 radical (unpaired) electrons. The fraction of sp³-hybridized carbons (Fsp3) is 0.121. The lowest BCUT2D eigenvalue weighted by Gasteiger charge is -2.26. The minimum atomic E-state index is -0.819. The van der Waals surface area contributed by atoms with E-state index in [1.54, 1.807) is 56.5 Å². The third-order valence-corrected chi connectivity index (χ3v) is 8.05. The maximum Gasteiger partial charge on any atom is 0.338 e. The lowest BCUT2D eigenvalue weighted by atomic mass is 9.93. The number of non-ortho nitro benzene ring substituents is 1. The van der Waals surface area contributed by atoms with E-state index in [0.29, 0.717) is 49.0 Å². The number of esters is 1. The number of benzene rings is 3. The number of rotatable bonds is 8. The van der Waals surface area contributed by atoms with Crippen molar-refractivity contribution in [1.29, 1.82) is 0 Å². The minimum absolute atomic E-state index is 0.0230. The number of furan rings is 1. The largest absolute Gasteiger partial charge is 0.497 e. The highest BCUT2D eigenvalue weighted by Gasteiger charge is 2.35. The molecule has 3 heterocycles. The standard InChI is InChI=1S/C33H25N3O7S/c1-3-42-32(38)28-29(21-7-5-4-6-8-21)34-33-35(30(28)22-11-15-24(41-2)16-12-22)31(37)27(44-33)19-25-17-18-26(43-25)20-9-13-23(14-10-20)36(39)40/h4-19,30H,3H2,1-2H3/b27-19-. The van der Waals surface area contributed by atoms with E-state index < -0.39 is 16.9 Å². The Balaban J connectivity index is 1.52. The summed E-state index contributed by atoms with van der Waals surface area (Å²) in [5.41, 5.74) is 2.36. The lowest BCUT2D eigenvalue weighted by molar-refractivity contribution is -0.384. The van der Waals surface area contributed by atoms with Crippen molar-refractivity contribution in [1.82, 2.24) is 4.57 Å². The highest BCUT2D eigenvalue weighted by atomic mass is 32.1. The maximum atomic E-state index is 14.0. The van der Waals surface area contributed by atoms with Crippen LogP contribution in [0.2, 0.25) is 0 Å². The summed E-state index contributed by atoms with van der Waals surface area (Å²) < 4.78 is 18.7. The van der Waals surface area contributed by atoms with Crippen molar-refractivity contribution in [2.45, 2.75) is 13.0 Å². The number of nitro benzene ring substituents is 1. The number of carbonyl (C=O) groups excluding carboxylic acids is 1. The van der Waals surface area contributed by atoms with Gasteiger partial charge < -0.3 is 13.9 Å². The van der Waals surface area contributed by atoms with Crippen molar-refractivity contribution in [3.63, 3.8) is 0 Å². The van der Waals surface area contributed by atoms with Gasteiger partial charge in [-0.2, -0.15) is 0 Å². The van der Waals surface area contributed by atoms with Gasteiger partial charge in [-0.3, -0.25) is 19.5 Å². The van der Waals surface area contributed by atoms with E-state index in [2.05, 4.69) is 0 Å². The minimum Gasteiger partial charge on any atom is -0.497 e. The Morgan fingerprint density at radius 2 is 1.75 bits per heavy atom. The zero-order valence-electron chi connectivity index (χ0n) is 23.6. The molecule has 1 aliphatic heterocycles. The first-order valence-corrected chi connectivity index (χ1v) is 14.5. The normalized spacial score (nSPS) is 14.6. The number of hydrogen-bond donors (Lipinski definition) is 0. The van der Waals surface area contributed by atoms with Crippen LogP contribution in [0.5, 0.6) is 5.75 Å². The number of thiazole rings is 1. The first-order valence-electron chi connectivity index (χ1n) is 13.6. The highest BCUT2D eigenvalue weighted by Crippen LogP contribution is 2.35. The summed E-state index contributed by atoms with van der Waals surface area (Å²) in [4.78, 5) is 43.4. The summed E-state index contributed by atoms with van der Waals surface area (Å²) in [5.74, 6) is 0.972. The molecule has 0 fully saturated rings. The number of methoxy groups -OCH3 is 1. The second kappa shape index (κ2) is 12.0. The maximum absolute atomic E-state index is 14.0. The third-order valence-electron chi connectivity index (χ3n) is 7.07. The molecule has 44 heavy (non-hydrogen) atoms. The van der Waals surface area contributed by atoms with Crippen LogP contribution in [0.1, 0.15) is 29.9 Å². The molecule has 0 amide bonds. The Bertz CT molecular complexity index is 2070. The van der Waals surface area contributed by atoms with Crippen LogP contribution in [-0.2, 0) is 9.53 Å². The van der Waals surface area contributed by atoms with Crippen molar-refractivity contribution in [2.75, 3.05) is 13.7 Å². The van der Waals surface area contributed by atoms with Crippen LogP contribution in [0.4, 0.5) is 5.69 Å². The number of hydrogen-bond acceptors (Lipinski definition) is 9. The molecule has 6 rings (SSSR count). The van der Waals surface area contributed by atoms with Crippen molar-refractivity contribution < 1.29 is 23.6 Å². The molecule has 1 aliphatic rings. The Kier molecular flexibility index (Phi) is 7.78. The van der Waals surface area contributed by atoms with Gasteiger partial charge in [0.15, 0.2) is 4.80 Å². The SMILES string of the molecule is CCOC(=O)C1=C(c2ccccc2)N=c2s/c(=C\c3ccc(-c4ccc([N+](=O)[O-])cc4)o3)c(=O)n2C1c1ccc(OC)cc1. The van der Waals surface area contributed by atoms with Crippen LogP contribution in [0.15, 0.2) is 111 Å². The zero-order valence-corrected chi connectivity index (χ0v) is 24.4. The second-order valence-corrected chi connectivity index (χ2v) is 10.7. The summed E-state index contributed by atoms with van der Waals surface area (Å²) in [7, 11) is 1.57. The second-order valence-electron chi connectivity index (χ2n) is 9.71. The molecule has 2 aromatic heterocycles. The molecule has 0 aliphatic carbocycles. The molecule has 0 N–H and O–H groups in total. The predicted molar refractivity (Wildman–Crippen MR) is 165 cm³/mol. The van der Waals surface area contributed by atoms with Crippen LogP contribution in [0, 0.1) is 10.1 Å². The summed E-state index contributed by atoms with van der Waals surface area (Å²) in [5, 5.41) is 11.0. The van der Waals surface area contributed by atoms with E-state index in [-0.39, 0.29) is 23.4 Å². The van der Waals surface area contributed by atoms with Gasteiger partial charge in [0, 0.05) is 29.3 Å². The molecular formula is C33H25N3O7S. The number of aromatic nitrogens is 1. The van der Waals surface area contributed by atoms with E-state index >= 15 is 0 Å². The Hall–Kier alpha value is -5.55. The molecule has 11 heteroatoms. The number of nitrogens with zero attached hydrogens (tertiary/aromatic N) is 3. The number of carbonyl (C=O) groups is 1. The van der Waals surface area contributed by atoms with Crippen molar-refractivity contribution in [3.8, 4) is 17.1 Å². The van der Waals surface area contributed by atoms with E-state index in [9.17, 15) is 19.7 Å². The van der Waals surface area contributed by atoms with Crippen LogP contribution >= 0.6 is 11.3 Å². The molecule has 0 saturated carbocycles. The van der Waals surface area contributed by atoms with Gasteiger partial charge in [-0.1, -0.05) is 53.8 Å². The molecule has 3 aromatic carbocycles. The average molecular weight is 608 g/mol. The third kappa shape index (κ3) is 5.36. The van der Waals surface area contributed by atoms with Gasteiger partial charge in [0.25, 0.3) is 11.2 Å². The van der Waals surface area contributed by atoms with Gasteiger partial charge in [0.2, 0.25) is 0 Å². The van der Waals surface area contributed by atoms with Crippen LogP contribution < -0.4 is 19.6 Å². The summed E-state index contributed by atoms with van der Waals surface area (Å²) in [6, 6.07) is 25.1. The van der Waals surface area contributed by atoms with Gasteiger partial charge >= 0.3 is 5.97 Å². The Labute approximate surface area is 254 Å².